The highest BCUT2D eigenvalue weighted by Gasteiger charge is 2.28. The van der Waals surface area contributed by atoms with Crippen LogP contribution in [0, 0.1) is 5.92 Å². The first-order valence-corrected chi connectivity index (χ1v) is 12.9. The van der Waals surface area contributed by atoms with Gasteiger partial charge in [0.05, 0.1) is 17.9 Å². The smallest absolute Gasteiger partial charge is 0.224 e. The summed E-state index contributed by atoms with van der Waals surface area (Å²) in [6, 6.07) is 28.1. The van der Waals surface area contributed by atoms with Crippen LogP contribution in [0.3, 0.4) is 0 Å². The molecule has 0 bridgehead atoms. The van der Waals surface area contributed by atoms with Crippen molar-refractivity contribution >= 4 is 5.91 Å². The number of para-hydroxylation sites is 1. The number of amides is 1. The summed E-state index contributed by atoms with van der Waals surface area (Å²) in [7, 11) is 0. The molecule has 2 heterocycles. The van der Waals surface area contributed by atoms with E-state index >= 15 is 0 Å². The van der Waals surface area contributed by atoms with E-state index in [0.29, 0.717) is 6.61 Å². The topological polar surface area (TPSA) is 67.4 Å². The molecule has 0 saturated carbocycles. The third kappa shape index (κ3) is 6.60. The number of carbonyl (C=O) groups excluding carboxylic acids is 1. The molecule has 1 N–H and O–H groups in total. The molecule has 1 atom stereocenters. The number of rotatable bonds is 9. The Kier molecular flexibility index (Phi) is 8.18. The summed E-state index contributed by atoms with van der Waals surface area (Å²) in [5.41, 5.74) is 4.02. The van der Waals surface area contributed by atoms with Crippen molar-refractivity contribution in [3.8, 4) is 16.9 Å². The molecule has 5 rings (SSSR count). The van der Waals surface area contributed by atoms with Crippen LogP contribution in [0.1, 0.15) is 30.1 Å². The number of aromatic nitrogens is 2. The van der Waals surface area contributed by atoms with Gasteiger partial charge in [-0.25, -0.2) is 0 Å². The lowest BCUT2D eigenvalue weighted by Crippen LogP contribution is -2.43. The molecular weight excluding hydrogens is 460 g/mol. The highest BCUT2D eigenvalue weighted by Crippen LogP contribution is 2.26. The zero-order chi connectivity index (χ0) is 25.3. The first-order valence-electron chi connectivity index (χ1n) is 12.9. The van der Waals surface area contributed by atoms with Gasteiger partial charge in [0.15, 0.2) is 0 Å². The van der Waals surface area contributed by atoms with Crippen LogP contribution < -0.4 is 10.1 Å². The minimum absolute atomic E-state index is 0.0194. The summed E-state index contributed by atoms with van der Waals surface area (Å²) < 4.78 is 5.84. The quantitative estimate of drug-likeness (QED) is 0.350. The van der Waals surface area contributed by atoms with E-state index in [0.717, 1.165) is 60.6 Å². The molecule has 1 amide bonds. The minimum Gasteiger partial charge on any atom is -0.492 e. The van der Waals surface area contributed by atoms with Gasteiger partial charge in [-0.15, -0.1) is 0 Å². The molecule has 188 valence electrons. The fourth-order valence-corrected chi connectivity index (χ4v) is 4.77. The number of ether oxygens (including phenoxy) is 1. The lowest BCUT2D eigenvalue weighted by atomic mass is 9.94. The van der Waals surface area contributed by atoms with Crippen LogP contribution in [0.4, 0.5) is 0 Å². The molecule has 3 aromatic carbocycles. The molecular formula is C31H32N4O2. The van der Waals surface area contributed by atoms with Gasteiger partial charge in [-0.05, 0) is 54.8 Å². The van der Waals surface area contributed by atoms with Crippen molar-refractivity contribution in [2.75, 3.05) is 26.2 Å². The average molecular weight is 493 g/mol. The Morgan fingerprint density at radius 1 is 0.892 bits per heavy atom. The van der Waals surface area contributed by atoms with Crippen LogP contribution >= 0.6 is 0 Å². The van der Waals surface area contributed by atoms with Gasteiger partial charge in [-0.3, -0.25) is 19.7 Å². The maximum Gasteiger partial charge on any atom is 0.224 e. The summed E-state index contributed by atoms with van der Waals surface area (Å²) in [6.07, 6.45) is 6.71. The second-order valence-corrected chi connectivity index (χ2v) is 9.34. The standard InChI is InChI=1S/C31H32N4O2/c36-31(27-15-19-35(20-16-27)21-22-37-28-9-5-2-6-10-28)34-30(29-23-32-17-18-33-29)26-13-11-25(12-14-26)24-7-3-1-4-8-24/h1-14,17-18,23,27,30H,15-16,19-22H2,(H,34,36). The van der Waals surface area contributed by atoms with E-state index in [4.69, 9.17) is 4.74 Å². The van der Waals surface area contributed by atoms with Gasteiger partial charge in [0.2, 0.25) is 5.91 Å². The highest BCUT2D eigenvalue weighted by molar-refractivity contribution is 5.79. The Bertz CT molecular complexity index is 1240. The molecule has 1 aliphatic rings. The number of hydrogen-bond donors (Lipinski definition) is 1. The summed E-state index contributed by atoms with van der Waals surface area (Å²) >= 11 is 0. The van der Waals surface area contributed by atoms with Crippen LogP contribution in [-0.4, -0.2) is 47.0 Å². The molecule has 37 heavy (non-hydrogen) atoms. The molecule has 4 aromatic rings. The zero-order valence-electron chi connectivity index (χ0n) is 20.9. The highest BCUT2D eigenvalue weighted by atomic mass is 16.5. The Balaban J connectivity index is 1.19. The fourth-order valence-electron chi connectivity index (χ4n) is 4.77. The van der Waals surface area contributed by atoms with Crippen molar-refractivity contribution < 1.29 is 9.53 Å². The minimum atomic E-state index is -0.344. The Morgan fingerprint density at radius 2 is 1.57 bits per heavy atom. The van der Waals surface area contributed by atoms with Gasteiger partial charge in [0, 0.05) is 24.9 Å². The second kappa shape index (κ2) is 12.3. The molecule has 0 aliphatic carbocycles. The lowest BCUT2D eigenvalue weighted by Gasteiger charge is -2.32. The summed E-state index contributed by atoms with van der Waals surface area (Å²) in [6.45, 7) is 3.28. The molecule has 0 spiro atoms. The van der Waals surface area contributed by atoms with Crippen molar-refractivity contribution in [1.82, 2.24) is 20.2 Å². The normalized spacial score (nSPS) is 15.1. The maximum absolute atomic E-state index is 13.3. The first kappa shape index (κ1) is 24.7. The molecule has 0 radical (unpaired) electrons. The van der Waals surface area contributed by atoms with E-state index in [1.54, 1.807) is 18.6 Å². The molecule has 1 unspecified atom stereocenters. The Hall–Kier alpha value is -4.03. The summed E-state index contributed by atoms with van der Waals surface area (Å²) in [5.74, 6) is 0.945. The molecule has 1 aromatic heterocycles. The Morgan fingerprint density at radius 3 is 2.24 bits per heavy atom. The van der Waals surface area contributed by atoms with E-state index in [2.05, 4.69) is 56.6 Å². The fraction of sp³-hybridized carbons (Fsp3) is 0.258. The number of carbonyl (C=O) groups is 1. The monoisotopic (exact) mass is 492 g/mol. The summed E-state index contributed by atoms with van der Waals surface area (Å²) in [5, 5.41) is 3.27. The number of hydrogen-bond acceptors (Lipinski definition) is 5. The molecule has 1 fully saturated rings. The number of nitrogens with one attached hydrogen (secondary N) is 1. The Labute approximate surface area is 218 Å². The van der Waals surface area contributed by atoms with Gasteiger partial charge in [-0.2, -0.15) is 0 Å². The van der Waals surface area contributed by atoms with Crippen molar-refractivity contribution in [2.24, 2.45) is 5.92 Å². The van der Waals surface area contributed by atoms with Crippen molar-refractivity contribution in [3.63, 3.8) is 0 Å². The number of benzene rings is 3. The van der Waals surface area contributed by atoms with Crippen LogP contribution in [0.5, 0.6) is 5.75 Å². The SMILES string of the molecule is O=C(NC(c1ccc(-c2ccccc2)cc1)c1cnccn1)C1CCN(CCOc2ccccc2)CC1. The molecule has 6 nitrogen and oxygen atoms in total. The third-order valence-electron chi connectivity index (χ3n) is 6.89. The largest absolute Gasteiger partial charge is 0.492 e. The van der Waals surface area contributed by atoms with E-state index in [-0.39, 0.29) is 17.9 Å². The number of nitrogens with zero attached hydrogens (tertiary/aromatic N) is 3. The van der Waals surface area contributed by atoms with Crippen LogP contribution in [0.2, 0.25) is 0 Å². The number of piperidine rings is 1. The predicted octanol–water partition coefficient (Wildman–Crippen LogP) is 5.14. The molecule has 6 heteroatoms. The van der Waals surface area contributed by atoms with Gasteiger partial charge >= 0.3 is 0 Å². The third-order valence-corrected chi connectivity index (χ3v) is 6.89. The maximum atomic E-state index is 13.3. The van der Waals surface area contributed by atoms with Crippen LogP contribution in [0.15, 0.2) is 104 Å². The molecule has 1 aliphatic heterocycles. The zero-order valence-corrected chi connectivity index (χ0v) is 20.9. The average Bonchev–Trinajstić information content (AvgIpc) is 2.98. The second-order valence-electron chi connectivity index (χ2n) is 9.34. The van der Waals surface area contributed by atoms with Crippen LogP contribution in [-0.2, 0) is 4.79 Å². The first-order chi connectivity index (χ1) is 18.3. The van der Waals surface area contributed by atoms with Gasteiger partial charge in [0.1, 0.15) is 12.4 Å². The van der Waals surface area contributed by atoms with E-state index in [9.17, 15) is 4.79 Å². The molecule has 1 saturated heterocycles. The van der Waals surface area contributed by atoms with Crippen molar-refractivity contribution in [1.29, 1.82) is 0 Å². The lowest BCUT2D eigenvalue weighted by molar-refractivity contribution is -0.127. The van der Waals surface area contributed by atoms with Crippen molar-refractivity contribution in [3.05, 3.63) is 115 Å². The summed E-state index contributed by atoms with van der Waals surface area (Å²) in [4.78, 5) is 24.5. The van der Waals surface area contributed by atoms with E-state index in [1.165, 1.54) is 0 Å². The number of likely N-dealkylation sites (tertiary alicyclic amines) is 1. The van der Waals surface area contributed by atoms with Gasteiger partial charge < -0.3 is 10.1 Å². The van der Waals surface area contributed by atoms with E-state index in [1.807, 2.05) is 48.5 Å². The predicted molar refractivity (Wildman–Crippen MR) is 145 cm³/mol. The van der Waals surface area contributed by atoms with Crippen molar-refractivity contribution in [2.45, 2.75) is 18.9 Å². The van der Waals surface area contributed by atoms with Gasteiger partial charge in [-0.1, -0.05) is 72.8 Å². The van der Waals surface area contributed by atoms with Gasteiger partial charge in [0.25, 0.3) is 0 Å². The van der Waals surface area contributed by atoms with Crippen LogP contribution in [0.25, 0.3) is 11.1 Å². The van der Waals surface area contributed by atoms with E-state index < -0.39 is 0 Å².